The summed E-state index contributed by atoms with van der Waals surface area (Å²) in [6.45, 7) is 3.85. The molecule has 28 heavy (non-hydrogen) atoms. The maximum absolute atomic E-state index is 12.4. The van der Waals surface area contributed by atoms with E-state index in [4.69, 9.17) is 0 Å². The topological polar surface area (TPSA) is 95.6 Å². The highest BCUT2D eigenvalue weighted by Gasteiger charge is 2.32. The van der Waals surface area contributed by atoms with Gasteiger partial charge in [-0.1, -0.05) is 19.1 Å². The zero-order chi connectivity index (χ0) is 20.5. The first kappa shape index (κ1) is 19.9. The van der Waals surface area contributed by atoms with E-state index in [0.29, 0.717) is 23.2 Å². The second-order valence-corrected chi connectivity index (χ2v) is 8.77. The molecule has 8 heteroatoms. The maximum Gasteiger partial charge on any atom is 0.269 e. The fraction of sp³-hybridized carbons (Fsp3) is 0.300. The molecule has 1 heterocycles. The second kappa shape index (κ2) is 7.63. The van der Waals surface area contributed by atoms with E-state index in [1.807, 2.05) is 26.0 Å². The lowest BCUT2D eigenvalue weighted by atomic mass is 10.1. The largest absolute Gasteiger partial charge is 0.269 e. The molecule has 1 atom stereocenters. The van der Waals surface area contributed by atoms with E-state index >= 15 is 0 Å². The van der Waals surface area contributed by atoms with E-state index in [0.717, 1.165) is 17.5 Å². The molecule has 0 unspecified atom stereocenters. The Morgan fingerprint density at radius 3 is 2.18 bits per heavy atom. The summed E-state index contributed by atoms with van der Waals surface area (Å²) in [6, 6.07) is 11.8. The lowest BCUT2D eigenvalue weighted by Crippen LogP contribution is -2.41. The normalized spacial score (nSPS) is 15.8. The monoisotopic (exact) mass is 401 g/mol. The SMILES string of the molecule is CCc1ccc(C(=O)NNC(=O)c2ccc3c(c2)C[C@H](C)N3S(C)(=O)=O)cc1. The van der Waals surface area contributed by atoms with Crippen LogP contribution in [0.1, 0.15) is 45.7 Å². The minimum atomic E-state index is -3.38. The van der Waals surface area contributed by atoms with Crippen molar-refractivity contribution in [3.63, 3.8) is 0 Å². The Labute approximate surface area is 164 Å². The van der Waals surface area contributed by atoms with Crippen LogP contribution in [0.4, 0.5) is 5.69 Å². The van der Waals surface area contributed by atoms with Crippen LogP contribution < -0.4 is 15.2 Å². The maximum atomic E-state index is 12.4. The zero-order valence-electron chi connectivity index (χ0n) is 16.0. The lowest BCUT2D eigenvalue weighted by Gasteiger charge is -2.21. The number of aryl methyl sites for hydroxylation is 1. The number of carbonyl (C=O) groups excluding carboxylic acids is 2. The number of hydrazine groups is 1. The summed E-state index contributed by atoms with van der Waals surface area (Å²) < 4.78 is 25.3. The Kier molecular flexibility index (Phi) is 5.42. The van der Waals surface area contributed by atoms with Crippen LogP contribution >= 0.6 is 0 Å². The van der Waals surface area contributed by atoms with Crippen LogP contribution in [-0.4, -0.2) is 32.5 Å². The van der Waals surface area contributed by atoms with Gasteiger partial charge < -0.3 is 0 Å². The van der Waals surface area contributed by atoms with Gasteiger partial charge in [0.05, 0.1) is 11.9 Å². The van der Waals surface area contributed by atoms with Crippen molar-refractivity contribution in [2.75, 3.05) is 10.6 Å². The molecule has 0 saturated heterocycles. The lowest BCUT2D eigenvalue weighted by molar-refractivity contribution is 0.0846. The van der Waals surface area contributed by atoms with Crippen molar-refractivity contribution in [3.8, 4) is 0 Å². The smallest absolute Gasteiger partial charge is 0.267 e. The average Bonchev–Trinajstić information content (AvgIpc) is 3.00. The molecular weight excluding hydrogens is 378 g/mol. The van der Waals surface area contributed by atoms with Crippen molar-refractivity contribution in [3.05, 3.63) is 64.7 Å². The number of rotatable bonds is 4. The predicted octanol–water partition coefficient (Wildman–Crippen LogP) is 2.03. The van der Waals surface area contributed by atoms with Gasteiger partial charge in [-0.05, 0) is 61.2 Å². The number of fused-ring (bicyclic) bond motifs is 1. The van der Waals surface area contributed by atoms with Crippen molar-refractivity contribution in [1.82, 2.24) is 10.9 Å². The van der Waals surface area contributed by atoms with Crippen molar-refractivity contribution in [1.29, 1.82) is 0 Å². The Hall–Kier alpha value is -2.87. The summed E-state index contributed by atoms with van der Waals surface area (Å²) in [5.41, 5.74) is 8.09. The Bertz CT molecular complexity index is 1020. The van der Waals surface area contributed by atoms with Gasteiger partial charge in [-0.2, -0.15) is 0 Å². The minimum absolute atomic E-state index is 0.200. The van der Waals surface area contributed by atoms with E-state index < -0.39 is 21.8 Å². The summed E-state index contributed by atoms with van der Waals surface area (Å²) in [7, 11) is -3.38. The van der Waals surface area contributed by atoms with Crippen LogP contribution in [0.2, 0.25) is 0 Å². The third kappa shape index (κ3) is 4.01. The standard InChI is InChI=1S/C20H23N3O4S/c1-4-14-5-7-15(8-6-14)19(24)21-22-20(25)16-9-10-18-17(12-16)11-13(2)23(18)28(3,26)27/h5-10,12-13H,4,11H2,1-3H3,(H,21,24)(H,22,25)/t13-/m0/s1. The molecule has 0 radical (unpaired) electrons. The van der Waals surface area contributed by atoms with Crippen molar-refractivity contribution in [2.24, 2.45) is 0 Å². The van der Waals surface area contributed by atoms with E-state index in [1.54, 1.807) is 30.3 Å². The summed E-state index contributed by atoms with van der Waals surface area (Å²) in [4.78, 5) is 24.5. The number of anilines is 1. The molecule has 0 bridgehead atoms. The van der Waals surface area contributed by atoms with Crippen molar-refractivity contribution >= 4 is 27.5 Å². The predicted molar refractivity (Wildman–Crippen MR) is 108 cm³/mol. The molecule has 2 amide bonds. The Morgan fingerprint density at radius 2 is 1.61 bits per heavy atom. The fourth-order valence-corrected chi connectivity index (χ4v) is 4.66. The summed E-state index contributed by atoms with van der Waals surface area (Å²) in [5, 5.41) is 0. The first-order valence-electron chi connectivity index (χ1n) is 9.02. The number of hydrogen-bond donors (Lipinski definition) is 2. The molecule has 1 aliphatic heterocycles. The molecule has 0 aliphatic carbocycles. The minimum Gasteiger partial charge on any atom is -0.267 e. The molecule has 0 saturated carbocycles. The van der Waals surface area contributed by atoms with E-state index in [9.17, 15) is 18.0 Å². The molecular formula is C20H23N3O4S. The molecule has 1 aliphatic rings. The summed E-state index contributed by atoms with van der Waals surface area (Å²) >= 11 is 0. The molecule has 2 aromatic carbocycles. The van der Waals surface area contributed by atoms with Crippen molar-refractivity contribution < 1.29 is 18.0 Å². The van der Waals surface area contributed by atoms with Gasteiger partial charge in [0.1, 0.15) is 0 Å². The quantitative estimate of drug-likeness (QED) is 0.767. The molecule has 3 rings (SSSR count). The van der Waals surface area contributed by atoms with Crippen LogP contribution in [0.3, 0.4) is 0 Å². The first-order chi connectivity index (χ1) is 13.2. The molecule has 0 spiro atoms. The molecule has 2 aromatic rings. The molecule has 0 aromatic heterocycles. The summed E-state index contributed by atoms with van der Waals surface area (Å²) in [5.74, 6) is -0.874. The molecule has 0 fully saturated rings. The number of benzene rings is 2. The summed E-state index contributed by atoms with van der Waals surface area (Å²) in [6.07, 6.45) is 2.58. The Morgan fingerprint density at radius 1 is 1.04 bits per heavy atom. The number of sulfonamides is 1. The fourth-order valence-electron chi connectivity index (χ4n) is 3.40. The molecule has 7 nitrogen and oxygen atoms in total. The van der Waals surface area contributed by atoms with Gasteiger partial charge in [0, 0.05) is 17.2 Å². The van der Waals surface area contributed by atoms with Gasteiger partial charge in [-0.15, -0.1) is 0 Å². The van der Waals surface area contributed by atoms with E-state index in [-0.39, 0.29) is 6.04 Å². The second-order valence-electron chi connectivity index (χ2n) is 6.91. The average molecular weight is 401 g/mol. The number of nitrogens with zero attached hydrogens (tertiary/aromatic N) is 1. The number of amides is 2. The Balaban J connectivity index is 1.69. The highest BCUT2D eigenvalue weighted by atomic mass is 32.2. The van der Waals surface area contributed by atoms with Gasteiger partial charge in [-0.25, -0.2) is 8.42 Å². The first-order valence-corrected chi connectivity index (χ1v) is 10.9. The van der Waals surface area contributed by atoms with E-state index in [2.05, 4.69) is 10.9 Å². The van der Waals surface area contributed by atoms with Gasteiger partial charge in [-0.3, -0.25) is 24.7 Å². The van der Waals surface area contributed by atoms with Gasteiger partial charge in [0.2, 0.25) is 10.0 Å². The number of nitrogens with one attached hydrogen (secondary N) is 2. The highest BCUT2D eigenvalue weighted by Crippen LogP contribution is 2.34. The van der Waals surface area contributed by atoms with Crippen LogP contribution in [-0.2, 0) is 22.9 Å². The van der Waals surface area contributed by atoms with Crippen LogP contribution in [0, 0.1) is 0 Å². The number of carbonyl (C=O) groups is 2. The third-order valence-corrected chi connectivity index (χ3v) is 6.04. The van der Waals surface area contributed by atoms with Gasteiger partial charge in [0.15, 0.2) is 0 Å². The van der Waals surface area contributed by atoms with Crippen LogP contribution in [0.15, 0.2) is 42.5 Å². The van der Waals surface area contributed by atoms with Crippen LogP contribution in [0.5, 0.6) is 0 Å². The van der Waals surface area contributed by atoms with Crippen molar-refractivity contribution in [2.45, 2.75) is 32.7 Å². The molecule has 2 N–H and O–H groups in total. The number of hydrogen-bond acceptors (Lipinski definition) is 4. The molecule has 148 valence electrons. The van der Waals surface area contributed by atoms with Gasteiger partial charge >= 0.3 is 0 Å². The van der Waals surface area contributed by atoms with Gasteiger partial charge in [0.25, 0.3) is 11.8 Å². The highest BCUT2D eigenvalue weighted by molar-refractivity contribution is 7.92. The van der Waals surface area contributed by atoms with E-state index in [1.165, 1.54) is 10.6 Å². The van der Waals surface area contributed by atoms with Crippen LogP contribution in [0.25, 0.3) is 0 Å². The zero-order valence-corrected chi connectivity index (χ0v) is 16.8. The third-order valence-electron chi connectivity index (χ3n) is 4.77.